The van der Waals surface area contributed by atoms with Gasteiger partial charge < -0.3 is 0 Å². The molecule has 0 heterocycles. The van der Waals surface area contributed by atoms with E-state index in [0.717, 1.165) is 22.9 Å². The Morgan fingerprint density at radius 2 is 2.31 bits per heavy atom. The Hall–Kier alpha value is -0.350. The van der Waals surface area contributed by atoms with Crippen molar-refractivity contribution >= 4 is 27.5 Å². The number of nitrogens with one attached hydrogen (secondary N) is 1. The topological polar surface area (TPSA) is 38.0 Å². The van der Waals surface area contributed by atoms with Gasteiger partial charge in [-0.3, -0.25) is 11.3 Å². The normalized spacial score (nSPS) is 12.5. The smallest absolute Gasteiger partial charge is 0.0548 e. The second kappa shape index (κ2) is 6.40. The summed E-state index contributed by atoms with van der Waals surface area (Å²) in [5.74, 6) is 5.56. The molecule has 1 atom stereocenters. The van der Waals surface area contributed by atoms with Crippen molar-refractivity contribution in [3.05, 3.63) is 45.4 Å². The summed E-state index contributed by atoms with van der Waals surface area (Å²) < 4.78 is 0.883. The van der Waals surface area contributed by atoms with Crippen LogP contribution in [0, 0.1) is 0 Å². The van der Waals surface area contributed by atoms with Crippen molar-refractivity contribution in [3.8, 4) is 0 Å². The third-order valence-electron chi connectivity index (χ3n) is 2.54. The predicted octanol–water partition coefficient (Wildman–Crippen LogP) is 3.96. The third kappa shape index (κ3) is 3.59. The number of nitrogens with two attached hydrogens (primary N) is 1. The molecular formula is C12H16BrClN2. The molecule has 0 aromatic heterocycles. The van der Waals surface area contributed by atoms with Crippen LogP contribution in [-0.4, -0.2) is 0 Å². The highest BCUT2D eigenvalue weighted by atomic mass is 79.9. The molecule has 0 aliphatic heterocycles. The van der Waals surface area contributed by atoms with Gasteiger partial charge in [0, 0.05) is 10.5 Å². The number of hydrogen-bond acceptors (Lipinski definition) is 2. The standard InChI is InChI=1S/C12H16BrClN2/c1-3-8(2)6-12(16-15)9-4-5-11(14)10(13)7-9/h4-5,7,12,16H,2-3,6,15H2,1H3. The molecule has 0 bridgehead atoms. The van der Waals surface area contributed by atoms with Gasteiger partial charge in [-0.05, 0) is 46.5 Å². The SMILES string of the molecule is C=C(CC)CC(NN)c1ccc(Cl)c(Br)c1. The summed E-state index contributed by atoms with van der Waals surface area (Å²) in [7, 11) is 0. The molecule has 0 saturated heterocycles. The highest BCUT2D eigenvalue weighted by molar-refractivity contribution is 9.10. The summed E-state index contributed by atoms with van der Waals surface area (Å²) in [5.41, 5.74) is 5.09. The van der Waals surface area contributed by atoms with Gasteiger partial charge in [-0.15, -0.1) is 0 Å². The molecule has 1 aromatic rings. The summed E-state index contributed by atoms with van der Waals surface area (Å²) >= 11 is 9.35. The summed E-state index contributed by atoms with van der Waals surface area (Å²) in [6, 6.07) is 5.90. The van der Waals surface area contributed by atoms with E-state index in [-0.39, 0.29) is 6.04 Å². The Kier molecular flexibility index (Phi) is 5.49. The van der Waals surface area contributed by atoms with Crippen molar-refractivity contribution in [2.24, 2.45) is 5.84 Å². The zero-order valence-corrected chi connectivity index (χ0v) is 11.6. The molecule has 16 heavy (non-hydrogen) atoms. The maximum absolute atomic E-state index is 5.95. The first-order chi connectivity index (χ1) is 7.58. The highest BCUT2D eigenvalue weighted by Crippen LogP contribution is 2.28. The number of hydrogen-bond donors (Lipinski definition) is 2. The first-order valence-electron chi connectivity index (χ1n) is 5.16. The van der Waals surface area contributed by atoms with E-state index in [1.807, 2.05) is 18.2 Å². The van der Waals surface area contributed by atoms with Gasteiger partial charge in [-0.25, -0.2) is 0 Å². The molecule has 4 heteroatoms. The molecule has 3 N–H and O–H groups in total. The number of benzene rings is 1. The third-order valence-corrected chi connectivity index (χ3v) is 3.75. The van der Waals surface area contributed by atoms with Crippen LogP contribution in [0.3, 0.4) is 0 Å². The zero-order valence-electron chi connectivity index (χ0n) is 9.26. The molecule has 0 fully saturated rings. The van der Waals surface area contributed by atoms with Crippen LogP contribution in [0.5, 0.6) is 0 Å². The van der Waals surface area contributed by atoms with Gasteiger partial charge in [0.25, 0.3) is 0 Å². The average Bonchev–Trinajstić information content (AvgIpc) is 2.29. The van der Waals surface area contributed by atoms with Crippen molar-refractivity contribution < 1.29 is 0 Å². The van der Waals surface area contributed by atoms with Crippen LogP contribution in [-0.2, 0) is 0 Å². The lowest BCUT2D eigenvalue weighted by atomic mass is 9.99. The van der Waals surface area contributed by atoms with E-state index in [4.69, 9.17) is 17.4 Å². The Bertz CT molecular complexity index is 379. The predicted molar refractivity (Wildman–Crippen MR) is 73.3 cm³/mol. The fourth-order valence-corrected chi connectivity index (χ4v) is 1.95. The second-order valence-corrected chi connectivity index (χ2v) is 4.96. The van der Waals surface area contributed by atoms with Gasteiger partial charge >= 0.3 is 0 Å². The molecule has 0 aliphatic carbocycles. The lowest BCUT2D eigenvalue weighted by Gasteiger charge is -2.17. The lowest BCUT2D eigenvalue weighted by Crippen LogP contribution is -2.28. The van der Waals surface area contributed by atoms with Crippen LogP contribution in [0.2, 0.25) is 5.02 Å². The Labute approximate surface area is 110 Å². The summed E-state index contributed by atoms with van der Waals surface area (Å²) in [6.45, 7) is 6.08. The van der Waals surface area contributed by atoms with Gasteiger partial charge in [-0.2, -0.15) is 0 Å². The molecule has 0 spiro atoms. The largest absolute Gasteiger partial charge is 0.271 e. The number of rotatable bonds is 5. The minimum Gasteiger partial charge on any atom is -0.271 e. The molecule has 0 radical (unpaired) electrons. The summed E-state index contributed by atoms with van der Waals surface area (Å²) in [5, 5.41) is 0.703. The zero-order chi connectivity index (χ0) is 12.1. The second-order valence-electron chi connectivity index (χ2n) is 3.70. The van der Waals surface area contributed by atoms with E-state index in [0.29, 0.717) is 5.02 Å². The highest BCUT2D eigenvalue weighted by Gasteiger charge is 2.11. The van der Waals surface area contributed by atoms with E-state index >= 15 is 0 Å². The van der Waals surface area contributed by atoms with Crippen molar-refractivity contribution in [2.75, 3.05) is 0 Å². The monoisotopic (exact) mass is 302 g/mol. The summed E-state index contributed by atoms with van der Waals surface area (Å²) in [6.07, 6.45) is 1.80. The quantitative estimate of drug-likeness (QED) is 0.491. The Morgan fingerprint density at radius 1 is 1.62 bits per heavy atom. The molecule has 0 amide bonds. The summed E-state index contributed by atoms with van der Waals surface area (Å²) in [4.78, 5) is 0. The van der Waals surface area contributed by atoms with Crippen LogP contribution in [0.4, 0.5) is 0 Å². The van der Waals surface area contributed by atoms with E-state index in [1.54, 1.807) is 0 Å². The van der Waals surface area contributed by atoms with Gasteiger partial charge in [-0.1, -0.05) is 36.7 Å². The maximum atomic E-state index is 5.95. The molecule has 1 rings (SSSR count). The molecule has 1 unspecified atom stereocenters. The fraction of sp³-hybridized carbons (Fsp3) is 0.333. The lowest BCUT2D eigenvalue weighted by molar-refractivity contribution is 0.544. The van der Waals surface area contributed by atoms with Gasteiger partial charge in [0.2, 0.25) is 0 Å². The van der Waals surface area contributed by atoms with Crippen LogP contribution in [0.1, 0.15) is 31.4 Å². The van der Waals surface area contributed by atoms with Crippen molar-refractivity contribution in [1.82, 2.24) is 5.43 Å². The molecule has 2 nitrogen and oxygen atoms in total. The van der Waals surface area contributed by atoms with E-state index in [9.17, 15) is 0 Å². The minimum absolute atomic E-state index is 0.0843. The van der Waals surface area contributed by atoms with Gasteiger partial charge in [0.05, 0.1) is 5.02 Å². The molecule has 88 valence electrons. The molecule has 0 aliphatic rings. The van der Waals surface area contributed by atoms with E-state index in [1.165, 1.54) is 5.57 Å². The van der Waals surface area contributed by atoms with Crippen molar-refractivity contribution in [1.29, 1.82) is 0 Å². The van der Waals surface area contributed by atoms with Crippen LogP contribution in [0.15, 0.2) is 34.8 Å². The van der Waals surface area contributed by atoms with E-state index in [2.05, 4.69) is 34.9 Å². The van der Waals surface area contributed by atoms with E-state index < -0.39 is 0 Å². The Morgan fingerprint density at radius 3 is 2.81 bits per heavy atom. The average molecular weight is 304 g/mol. The van der Waals surface area contributed by atoms with Gasteiger partial charge in [0.1, 0.15) is 0 Å². The molecular weight excluding hydrogens is 288 g/mol. The molecule has 1 aromatic carbocycles. The number of hydrazine groups is 1. The maximum Gasteiger partial charge on any atom is 0.0548 e. The van der Waals surface area contributed by atoms with Crippen molar-refractivity contribution in [2.45, 2.75) is 25.8 Å². The minimum atomic E-state index is 0.0843. The van der Waals surface area contributed by atoms with Crippen LogP contribution < -0.4 is 11.3 Å². The van der Waals surface area contributed by atoms with Crippen molar-refractivity contribution in [3.63, 3.8) is 0 Å². The Balaban J connectivity index is 2.86. The van der Waals surface area contributed by atoms with Crippen LogP contribution in [0.25, 0.3) is 0 Å². The fourth-order valence-electron chi connectivity index (χ4n) is 1.44. The van der Waals surface area contributed by atoms with Gasteiger partial charge in [0.15, 0.2) is 0 Å². The number of halogens is 2. The van der Waals surface area contributed by atoms with Crippen LogP contribution >= 0.6 is 27.5 Å². The first kappa shape index (κ1) is 13.7. The first-order valence-corrected chi connectivity index (χ1v) is 6.33. The molecule has 0 saturated carbocycles.